The number of hydrogen-bond donors (Lipinski definition) is 1. The van der Waals surface area contributed by atoms with Crippen molar-refractivity contribution in [2.45, 2.75) is 31.2 Å². The van der Waals surface area contributed by atoms with Crippen molar-refractivity contribution in [2.24, 2.45) is 5.73 Å². The molecule has 2 unspecified atom stereocenters. The quantitative estimate of drug-likeness (QED) is 0.763. The fourth-order valence-corrected chi connectivity index (χ4v) is 2.40. The molecular formula is C11H13ClFN. The molecule has 0 aromatic heterocycles. The molecular weight excluding hydrogens is 201 g/mol. The van der Waals surface area contributed by atoms with Gasteiger partial charge in [-0.15, -0.1) is 0 Å². The predicted octanol–water partition coefficient (Wildman–Crippen LogP) is 3.07. The summed E-state index contributed by atoms with van der Waals surface area (Å²) in [5.74, 6) is 0.123. The zero-order valence-electron chi connectivity index (χ0n) is 7.84. The first kappa shape index (κ1) is 9.94. The van der Waals surface area contributed by atoms with Crippen LogP contribution in [0.1, 0.15) is 30.7 Å². The van der Waals surface area contributed by atoms with Gasteiger partial charge >= 0.3 is 0 Å². The first-order valence-electron chi connectivity index (χ1n) is 4.87. The van der Waals surface area contributed by atoms with Gasteiger partial charge in [-0.05, 0) is 48.9 Å². The minimum Gasteiger partial charge on any atom is -0.328 e. The molecule has 1 aliphatic carbocycles. The van der Waals surface area contributed by atoms with Gasteiger partial charge in [0.05, 0.1) is 0 Å². The Labute approximate surface area is 88.1 Å². The Morgan fingerprint density at radius 2 is 2.14 bits per heavy atom. The molecule has 14 heavy (non-hydrogen) atoms. The second-order valence-corrected chi connectivity index (χ2v) is 4.34. The molecule has 76 valence electrons. The molecule has 1 nitrogen and oxygen atoms in total. The highest BCUT2D eigenvalue weighted by Gasteiger charge is 2.24. The van der Waals surface area contributed by atoms with E-state index in [1.54, 1.807) is 6.07 Å². The van der Waals surface area contributed by atoms with E-state index in [0.29, 0.717) is 10.9 Å². The van der Waals surface area contributed by atoms with E-state index < -0.39 is 0 Å². The van der Waals surface area contributed by atoms with Crippen molar-refractivity contribution in [3.63, 3.8) is 0 Å². The summed E-state index contributed by atoms with van der Waals surface area (Å²) >= 11 is 6.02. The van der Waals surface area contributed by atoms with Crippen molar-refractivity contribution in [3.8, 4) is 0 Å². The van der Waals surface area contributed by atoms with Gasteiger partial charge in [-0.25, -0.2) is 4.39 Å². The minimum atomic E-state index is -0.218. The maximum Gasteiger partial charge on any atom is 0.123 e. The van der Waals surface area contributed by atoms with E-state index in [-0.39, 0.29) is 11.9 Å². The van der Waals surface area contributed by atoms with Gasteiger partial charge in [0.1, 0.15) is 5.82 Å². The smallest absolute Gasteiger partial charge is 0.123 e. The van der Waals surface area contributed by atoms with Crippen molar-refractivity contribution in [3.05, 3.63) is 34.6 Å². The third-order valence-corrected chi connectivity index (χ3v) is 3.22. The highest BCUT2D eigenvalue weighted by Crippen LogP contribution is 2.37. The summed E-state index contributed by atoms with van der Waals surface area (Å²) in [7, 11) is 0. The van der Waals surface area contributed by atoms with Gasteiger partial charge in [-0.1, -0.05) is 11.6 Å². The lowest BCUT2D eigenvalue weighted by molar-refractivity contribution is 0.616. The molecule has 1 fully saturated rings. The molecule has 1 saturated carbocycles. The van der Waals surface area contributed by atoms with Crippen LogP contribution in [0.15, 0.2) is 18.2 Å². The van der Waals surface area contributed by atoms with Crippen LogP contribution in [-0.2, 0) is 0 Å². The Morgan fingerprint density at radius 3 is 2.79 bits per heavy atom. The van der Waals surface area contributed by atoms with Crippen LogP contribution in [0, 0.1) is 5.82 Å². The largest absolute Gasteiger partial charge is 0.328 e. The summed E-state index contributed by atoms with van der Waals surface area (Å²) in [6, 6.07) is 4.79. The fourth-order valence-electron chi connectivity index (χ4n) is 2.13. The van der Waals surface area contributed by atoms with Crippen LogP contribution in [-0.4, -0.2) is 6.04 Å². The van der Waals surface area contributed by atoms with E-state index in [1.807, 2.05) is 0 Å². The maximum absolute atomic E-state index is 13.0. The lowest BCUT2D eigenvalue weighted by Crippen LogP contribution is -2.14. The molecule has 1 aromatic rings. The second kappa shape index (κ2) is 3.87. The van der Waals surface area contributed by atoms with Crippen LogP contribution >= 0.6 is 11.6 Å². The number of halogens is 2. The van der Waals surface area contributed by atoms with Gasteiger partial charge in [-0.2, -0.15) is 0 Å². The standard InChI is InChI=1S/C11H13ClFN/c12-11-4-2-8(13)6-10(11)7-1-3-9(14)5-7/h2,4,6-7,9H,1,3,5,14H2. The summed E-state index contributed by atoms with van der Waals surface area (Å²) in [6.07, 6.45) is 2.95. The van der Waals surface area contributed by atoms with E-state index in [4.69, 9.17) is 17.3 Å². The van der Waals surface area contributed by atoms with E-state index in [2.05, 4.69) is 0 Å². The summed E-state index contributed by atoms with van der Waals surface area (Å²) < 4.78 is 13.0. The van der Waals surface area contributed by atoms with Crippen LogP contribution in [0.4, 0.5) is 4.39 Å². The topological polar surface area (TPSA) is 26.0 Å². The summed E-state index contributed by atoms with van der Waals surface area (Å²) in [5.41, 5.74) is 6.73. The zero-order chi connectivity index (χ0) is 10.1. The average molecular weight is 214 g/mol. The van der Waals surface area contributed by atoms with E-state index >= 15 is 0 Å². The monoisotopic (exact) mass is 213 g/mol. The van der Waals surface area contributed by atoms with Crippen molar-refractivity contribution < 1.29 is 4.39 Å². The first-order valence-corrected chi connectivity index (χ1v) is 5.25. The summed E-state index contributed by atoms with van der Waals surface area (Å²) in [5, 5.41) is 0.658. The third kappa shape index (κ3) is 1.91. The molecule has 2 atom stereocenters. The van der Waals surface area contributed by atoms with E-state index in [0.717, 1.165) is 24.8 Å². The van der Waals surface area contributed by atoms with Gasteiger partial charge in [0.15, 0.2) is 0 Å². The fraction of sp³-hybridized carbons (Fsp3) is 0.455. The third-order valence-electron chi connectivity index (χ3n) is 2.87. The van der Waals surface area contributed by atoms with Gasteiger partial charge in [0.25, 0.3) is 0 Å². The number of hydrogen-bond acceptors (Lipinski definition) is 1. The Morgan fingerprint density at radius 1 is 1.36 bits per heavy atom. The molecule has 2 rings (SSSR count). The average Bonchev–Trinajstić information content (AvgIpc) is 2.56. The van der Waals surface area contributed by atoms with Crippen LogP contribution < -0.4 is 5.73 Å². The molecule has 0 amide bonds. The highest BCUT2D eigenvalue weighted by atomic mass is 35.5. The van der Waals surface area contributed by atoms with Crippen molar-refractivity contribution in [1.29, 1.82) is 0 Å². The van der Waals surface area contributed by atoms with Crippen LogP contribution in [0.25, 0.3) is 0 Å². The van der Waals surface area contributed by atoms with Gasteiger partial charge < -0.3 is 5.73 Å². The molecule has 0 saturated heterocycles. The molecule has 0 aliphatic heterocycles. The van der Waals surface area contributed by atoms with Crippen molar-refractivity contribution in [2.75, 3.05) is 0 Å². The molecule has 0 bridgehead atoms. The highest BCUT2D eigenvalue weighted by molar-refractivity contribution is 6.31. The molecule has 0 spiro atoms. The molecule has 0 radical (unpaired) electrons. The van der Waals surface area contributed by atoms with Crippen LogP contribution in [0.5, 0.6) is 0 Å². The molecule has 3 heteroatoms. The van der Waals surface area contributed by atoms with Gasteiger partial charge in [0.2, 0.25) is 0 Å². The zero-order valence-corrected chi connectivity index (χ0v) is 8.60. The lowest BCUT2D eigenvalue weighted by atomic mass is 9.97. The van der Waals surface area contributed by atoms with Crippen LogP contribution in [0.3, 0.4) is 0 Å². The molecule has 2 N–H and O–H groups in total. The van der Waals surface area contributed by atoms with Gasteiger partial charge in [0, 0.05) is 11.1 Å². The van der Waals surface area contributed by atoms with Crippen molar-refractivity contribution >= 4 is 11.6 Å². The lowest BCUT2D eigenvalue weighted by Gasteiger charge is -2.11. The SMILES string of the molecule is NC1CCC(c2cc(F)ccc2Cl)C1. The van der Waals surface area contributed by atoms with E-state index in [1.165, 1.54) is 12.1 Å². The number of nitrogens with two attached hydrogens (primary N) is 1. The van der Waals surface area contributed by atoms with Crippen LogP contribution in [0.2, 0.25) is 5.02 Å². The Kier molecular flexibility index (Phi) is 2.75. The molecule has 1 aromatic carbocycles. The molecule has 0 heterocycles. The Hall–Kier alpha value is -0.600. The Balaban J connectivity index is 2.27. The normalized spacial score (nSPS) is 26.8. The second-order valence-electron chi connectivity index (χ2n) is 3.94. The minimum absolute atomic E-state index is 0.218. The number of rotatable bonds is 1. The Bertz CT molecular complexity index is 340. The first-order chi connectivity index (χ1) is 6.66. The van der Waals surface area contributed by atoms with Gasteiger partial charge in [-0.3, -0.25) is 0 Å². The van der Waals surface area contributed by atoms with Crippen molar-refractivity contribution in [1.82, 2.24) is 0 Å². The molecule has 1 aliphatic rings. The number of benzene rings is 1. The summed E-state index contributed by atoms with van der Waals surface area (Å²) in [6.45, 7) is 0. The van der Waals surface area contributed by atoms with E-state index in [9.17, 15) is 4.39 Å². The summed E-state index contributed by atoms with van der Waals surface area (Å²) in [4.78, 5) is 0. The predicted molar refractivity (Wildman–Crippen MR) is 56.0 cm³/mol. The maximum atomic E-state index is 13.0.